The van der Waals surface area contributed by atoms with Crippen LogP contribution in [0.5, 0.6) is 0 Å². The lowest BCUT2D eigenvalue weighted by molar-refractivity contribution is -0.112. The second kappa shape index (κ2) is 6.35. The molecule has 0 saturated carbocycles. The molecule has 0 saturated heterocycles. The molecule has 0 aromatic carbocycles. The molecule has 0 heterocycles. The van der Waals surface area contributed by atoms with Crippen molar-refractivity contribution in [3.05, 3.63) is 48.6 Å². The van der Waals surface area contributed by atoms with Crippen LogP contribution in [0.4, 0.5) is 0 Å². The number of carbonyl (C=O) groups is 1. The highest BCUT2D eigenvalue weighted by atomic mass is 16.1. The van der Waals surface area contributed by atoms with Crippen molar-refractivity contribution < 1.29 is 4.79 Å². The van der Waals surface area contributed by atoms with Gasteiger partial charge in [-0.1, -0.05) is 37.0 Å². The van der Waals surface area contributed by atoms with E-state index in [0.29, 0.717) is 0 Å². The fourth-order valence-electron chi connectivity index (χ4n) is 0.709. The van der Waals surface area contributed by atoms with Gasteiger partial charge in [0.1, 0.15) is 0 Å². The average Bonchev–Trinajstić information content (AvgIpc) is 2.01. The molecule has 0 fully saturated rings. The molecule has 1 heteroatoms. The molecule has 0 spiro atoms. The van der Waals surface area contributed by atoms with Gasteiger partial charge < -0.3 is 0 Å². The van der Waals surface area contributed by atoms with Crippen molar-refractivity contribution in [3.8, 4) is 0 Å². The topological polar surface area (TPSA) is 17.1 Å². The zero-order chi connectivity index (χ0) is 9.40. The largest absolute Gasteiger partial charge is 0.295 e. The van der Waals surface area contributed by atoms with Gasteiger partial charge in [0.15, 0.2) is 5.78 Å². The van der Waals surface area contributed by atoms with E-state index in [1.165, 1.54) is 13.0 Å². The van der Waals surface area contributed by atoms with Crippen molar-refractivity contribution in [2.45, 2.75) is 13.8 Å². The zero-order valence-corrected chi connectivity index (χ0v) is 7.58. The molecule has 0 aliphatic heterocycles. The van der Waals surface area contributed by atoms with E-state index in [-0.39, 0.29) is 5.78 Å². The first kappa shape index (κ1) is 10.6. The molecule has 1 nitrogen and oxygen atoms in total. The summed E-state index contributed by atoms with van der Waals surface area (Å²) in [5, 5.41) is 0. The third kappa shape index (κ3) is 5.42. The van der Waals surface area contributed by atoms with Gasteiger partial charge in [0.25, 0.3) is 0 Å². The van der Waals surface area contributed by atoms with Gasteiger partial charge in [0.2, 0.25) is 0 Å². The third-order valence-corrected chi connectivity index (χ3v) is 1.18. The van der Waals surface area contributed by atoms with Crippen LogP contribution in [0.1, 0.15) is 13.8 Å². The second-order valence-corrected chi connectivity index (χ2v) is 2.35. The Labute approximate surface area is 73.8 Å². The van der Waals surface area contributed by atoms with Crippen LogP contribution in [0.2, 0.25) is 0 Å². The maximum atomic E-state index is 10.6. The van der Waals surface area contributed by atoms with Crippen LogP contribution in [0.25, 0.3) is 0 Å². The Bertz CT molecular complexity index is 242. The third-order valence-electron chi connectivity index (χ3n) is 1.18. The summed E-state index contributed by atoms with van der Waals surface area (Å²) >= 11 is 0. The Kier molecular flexibility index (Phi) is 5.62. The van der Waals surface area contributed by atoms with E-state index < -0.39 is 0 Å². The number of carbonyl (C=O) groups excluding carboxylic acids is 1. The van der Waals surface area contributed by atoms with Gasteiger partial charge in [0, 0.05) is 0 Å². The summed E-state index contributed by atoms with van der Waals surface area (Å²) in [6.45, 7) is 7.04. The van der Waals surface area contributed by atoms with E-state index >= 15 is 0 Å². The van der Waals surface area contributed by atoms with Crippen molar-refractivity contribution in [2.75, 3.05) is 0 Å². The molecule has 0 bridgehead atoms. The predicted molar refractivity (Wildman–Crippen MR) is 52.9 cm³/mol. The highest BCUT2D eigenvalue weighted by molar-refractivity contribution is 5.87. The number of hydrogen-bond acceptors (Lipinski definition) is 1. The van der Waals surface area contributed by atoms with E-state index in [0.717, 1.165) is 5.57 Å². The van der Waals surface area contributed by atoms with Gasteiger partial charge in [-0.25, -0.2) is 0 Å². The number of hydrogen-bond donors (Lipinski definition) is 0. The fourth-order valence-corrected chi connectivity index (χ4v) is 0.709. The van der Waals surface area contributed by atoms with Crippen molar-refractivity contribution >= 4 is 5.78 Å². The van der Waals surface area contributed by atoms with Crippen LogP contribution in [0.15, 0.2) is 48.6 Å². The Morgan fingerprint density at radius 2 is 1.92 bits per heavy atom. The number of ketones is 1. The lowest BCUT2D eigenvalue weighted by Crippen LogP contribution is -1.80. The molecule has 0 aliphatic carbocycles. The highest BCUT2D eigenvalue weighted by Crippen LogP contribution is 1.99. The minimum absolute atomic E-state index is 0.0504. The molecule has 0 radical (unpaired) electrons. The molecule has 64 valence electrons. The molecule has 0 N–H and O–H groups in total. The Morgan fingerprint density at radius 3 is 2.33 bits per heavy atom. The Hall–Kier alpha value is -1.37. The first-order valence-corrected chi connectivity index (χ1v) is 3.84. The summed E-state index contributed by atoms with van der Waals surface area (Å²) in [4.78, 5) is 10.6. The van der Waals surface area contributed by atoms with Crippen molar-refractivity contribution in [2.24, 2.45) is 0 Å². The van der Waals surface area contributed by atoms with Crippen LogP contribution in [-0.2, 0) is 4.79 Å². The molecule has 0 aromatic heterocycles. The summed E-state index contributed by atoms with van der Waals surface area (Å²) in [5.74, 6) is 0.0504. The summed E-state index contributed by atoms with van der Waals surface area (Å²) in [7, 11) is 0. The van der Waals surface area contributed by atoms with Crippen molar-refractivity contribution in [1.82, 2.24) is 0 Å². The summed E-state index contributed by atoms with van der Waals surface area (Å²) in [6, 6.07) is 0. The molecule has 0 aromatic rings. The van der Waals surface area contributed by atoms with Gasteiger partial charge in [-0.05, 0) is 25.5 Å². The zero-order valence-electron chi connectivity index (χ0n) is 7.58. The molecule has 12 heavy (non-hydrogen) atoms. The van der Waals surface area contributed by atoms with E-state index in [2.05, 4.69) is 6.58 Å². The number of allylic oxidation sites excluding steroid dienone is 7. The summed E-state index contributed by atoms with van der Waals surface area (Å²) in [5.41, 5.74) is 0.975. The molecule has 0 rings (SSSR count). The van der Waals surface area contributed by atoms with Crippen molar-refractivity contribution in [1.29, 1.82) is 0 Å². The lowest BCUT2D eigenvalue weighted by Gasteiger charge is -1.89. The highest BCUT2D eigenvalue weighted by Gasteiger charge is 1.84. The molecular weight excluding hydrogens is 148 g/mol. The first-order chi connectivity index (χ1) is 5.70. The number of rotatable bonds is 4. The van der Waals surface area contributed by atoms with Gasteiger partial charge in [-0.3, -0.25) is 4.79 Å². The van der Waals surface area contributed by atoms with Crippen LogP contribution in [0.3, 0.4) is 0 Å². The van der Waals surface area contributed by atoms with E-state index in [1.807, 2.05) is 25.2 Å². The SMILES string of the molecule is C=C/C=C(\C=C/C)/C=C/C(C)=O. The smallest absolute Gasteiger partial charge is 0.152 e. The maximum Gasteiger partial charge on any atom is 0.152 e. The first-order valence-electron chi connectivity index (χ1n) is 3.84. The minimum Gasteiger partial charge on any atom is -0.295 e. The van der Waals surface area contributed by atoms with Crippen LogP contribution >= 0.6 is 0 Å². The van der Waals surface area contributed by atoms with E-state index in [1.54, 1.807) is 12.2 Å². The second-order valence-electron chi connectivity index (χ2n) is 2.35. The molecule has 0 aliphatic rings. The van der Waals surface area contributed by atoms with Crippen LogP contribution in [-0.4, -0.2) is 5.78 Å². The predicted octanol–water partition coefficient (Wildman–Crippen LogP) is 2.82. The molecule has 0 unspecified atom stereocenters. The molecule has 0 amide bonds. The van der Waals surface area contributed by atoms with Gasteiger partial charge >= 0.3 is 0 Å². The normalized spacial score (nSPS) is 12.7. The maximum absolute atomic E-state index is 10.6. The Morgan fingerprint density at radius 1 is 1.25 bits per heavy atom. The van der Waals surface area contributed by atoms with Gasteiger partial charge in [-0.15, -0.1) is 0 Å². The summed E-state index contributed by atoms with van der Waals surface area (Å²) < 4.78 is 0. The van der Waals surface area contributed by atoms with Crippen molar-refractivity contribution in [3.63, 3.8) is 0 Å². The Balaban J connectivity index is 4.43. The van der Waals surface area contributed by atoms with Crippen LogP contribution < -0.4 is 0 Å². The monoisotopic (exact) mass is 162 g/mol. The quantitative estimate of drug-likeness (QED) is 0.459. The van der Waals surface area contributed by atoms with E-state index in [4.69, 9.17) is 0 Å². The standard InChI is InChI=1S/C11H14O/c1-4-6-11(7-5-2)9-8-10(3)12/h4-9H,1H2,2-3H3/b7-5-,9-8+,11-6+. The minimum atomic E-state index is 0.0504. The van der Waals surface area contributed by atoms with E-state index in [9.17, 15) is 4.79 Å². The average molecular weight is 162 g/mol. The van der Waals surface area contributed by atoms with Crippen LogP contribution in [0, 0.1) is 0 Å². The fraction of sp³-hybridized carbons (Fsp3) is 0.182. The van der Waals surface area contributed by atoms with Gasteiger partial charge in [-0.2, -0.15) is 0 Å². The summed E-state index contributed by atoms with van der Waals surface area (Å²) in [6.07, 6.45) is 10.7. The lowest BCUT2D eigenvalue weighted by atomic mass is 10.2. The molecular formula is C11H14O. The van der Waals surface area contributed by atoms with Gasteiger partial charge in [0.05, 0.1) is 0 Å². The molecule has 0 atom stereocenters.